The van der Waals surface area contributed by atoms with E-state index in [1.807, 2.05) is 0 Å². The molecule has 1 aromatic carbocycles. The van der Waals surface area contributed by atoms with Crippen LogP contribution in [0.25, 0.3) is 0 Å². The van der Waals surface area contributed by atoms with Crippen molar-refractivity contribution in [2.75, 3.05) is 25.0 Å². The van der Waals surface area contributed by atoms with Gasteiger partial charge in [-0.15, -0.1) is 0 Å². The zero-order valence-electron chi connectivity index (χ0n) is 12.4. The third-order valence-electron chi connectivity index (χ3n) is 3.49. The van der Waals surface area contributed by atoms with E-state index in [1.165, 1.54) is 6.07 Å². The number of carbonyl (C=O) groups is 1. The maximum Gasteiger partial charge on any atom is 0.418 e. The molecule has 0 saturated carbocycles. The largest absolute Gasteiger partial charge is 0.418 e. The van der Waals surface area contributed by atoms with Gasteiger partial charge in [-0.05, 0) is 31.0 Å². The molecule has 0 aliphatic carbocycles. The lowest BCUT2D eigenvalue weighted by Gasteiger charge is -2.14. The van der Waals surface area contributed by atoms with Crippen molar-refractivity contribution in [3.8, 4) is 0 Å². The highest BCUT2D eigenvalue weighted by Gasteiger charge is 2.34. The summed E-state index contributed by atoms with van der Waals surface area (Å²) in [6.07, 6.45) is -2.33. The molecule has 1 heterocycles. The highest BCUT2D eigenvalue weighted by atomic mass is 35.5. The predicted octanol–water partition coefficient (Wildman–Crippen LogP) is 3.46. The summed E-state index contributed by atoms with van der Waals surface area (Å²) in [7, 11) is 0. The number of ether oxygens (including phenoxy) is 1. The van der Waals surface area contributed by atoms with E-state index in [0.29, 0.717) is 13.1 Å². The molecule has 1 saturated heterocycles. The highest BCUT2D eigenvalue weighted by Crippen LogP contribution is 2.36. The van der Waals surface area contributed by atoms with Gasteiger partial charge in [-0.25, -0.2) is 0 Å². The number of carbonyl (C=O) groups excluding carboxylic acids is 1. The van der Waals surface area contributed by atoms with Crippen LogP contribution in [0.5, 0.6) is 0 Å². The topological polar surface area (TPSA) is 50.4 Å². The maximum absolute atomic E-state index is 12.9. The molecule has 0 aromatic heterocycles. The van der Waals surface area contributed by atoms with Gasteiger partial charge < -0.3 is 15.4 Å². The van der Waals surface area contributed by atoms with E-state index in [4.69, 9.17) is 16.3 Å². The van der Waals surface area contributed by atoms with Crippen LogP contribution in [0.4, 0.5) is 18.9 Å². The van der Waals surface area contributed by atoms with Crippen molar-refractivity contribution in [2.24, 2.45) is 0 Å². The molecule has 0 bridgehead atoms. The molecule has 0 spiro atoms. The lowest BCUT2D eigenvalue weighted by atomic mass is 10.1. The third kappa shape index (κ3) is 5.67. The Hall–Kier alpha value is -1.31. The monoisotopic (exact) mass is 350 g/mol. The zero-order valence-corrected chi connectivity index (χ0v) is 13.1. The van der Waals surface area contributed by atoms with E-state index in [0.717, 1.165) is 31.6 Å². The molecule has 1 unspecified atom stereocenters. The van der Waals surface area contributed by atoms with E-state index in [1.54, 1.807) is 0 Å². The first-order valence-electron chi connectivity index (χ1n) is 7.35. The fourth-order valence-electron chi connectivity index (χ4n) is 2.34. The first-order valence-corrected chi connectivity index (χ1v) is 7.73. The Bertz CT molecular complexity index is 546. The van der Waals surface area contributed by atoms with Gasteiger partial charge in [0.25, 0.3) is 0 Å². The summed E-state index contributed by atoms with van der Waals surface area (Å²) < 4.78 is 44.2. The Kier molecular flexibility index (Phi) is 6.26. The molecule has 2 N–H and O–H groups in total. The fraction of sp³-hybridized carbons (Fsp3) is 0.533. The lowest BCUT2D eigenvalue weighted by molar-refractivity contribution is -0.137. The second kappa shape index (κ2) is 7.99. The van der Waals surface area contributed by atoms with Crippen molar-refractivity contribution < 1.29 is 22.7 Å². The molecule has 128 valence electrons. The second-order valence-corrected chi connectivity index (χ2v) is 5.76. The van der Waals surface area contributed by atoms with E-state index < -0.39 is 17.6 Å². The van der Waals surface area contributed by atoms with Crippen LogP contribution in [0, 0.1) is 0 Å². The SMILES string of the molecule is O=C(CCNCC1CCCO1)Nc1ccc(Cl)cc1C(F)(F)F. The van der Waals surface area contributed by atoms with Gasteiger partial charge >= 0.3 is 6.18 Å². The molecular weight excluding hydrogens is 333 g/mol. The maximum atomic E-state index is 12.9. The number of nitrogens with one attached hydrogen (secondary N) is 2. The zero-order chi connectivity index (χ0) is 16.9. The van der Waals surface area contributed by atoms with Crippen molar-refractivity contribution in [1.29, 1.82) is 0 Å². The van der Waals surface area contributed by atoms with Gasteiger partial charge in [0.15, 0.2) is 0 Å². The molecule has 4 nitrogen and oxygen atoms in total. The minimum absolute atomic E-state index is 0.0337. The molecule has 1 fully saturated rings. The molecule has 23 heavy (non-hydrogen) atoms. The Balaban J connectivity index is 1.82. The van der Waals surface area contributed by atoms with Crippen molar-refractivity contribution in [1.82, 2.24) is 5.32 Å². The molecule has 1 atom stereocenters. The summed E-state index contributed by atoms with van der Waals surface area (Å²) in [5.41, 5.74) is -1.24. The van der Waals surface area contributed by atoms with E-state index in [-0.39, 0.29) is 23.2 Å². The summed E-state index contributed by atoms with van der Waals surface area (Å²) in [5, 5.41) is 5.32. The van der Waals surface area contributed by atoms with Gasteiger partial charge in [-0.3, -0.25) is 4.79 Å². The van der Waals surface area contributed by atoms with Crippen molar-refractivity contribution in [2.45, 2.75) is 31.5 Å². The van der Waals surface area contributed by atoms with Gasteiger partial charge in [0.1, 0.15) is 0 Å². The summed E-state index contributed by atoms with van der Waals surface area (Å²) in [6, 6.07) is 3.26. The highest BCUT2D eigenvalue weighted by molar-refractivity contribution is 6.30. The summed E-state index contributed by atoms with van der Waals surface area (Å²) in [6.45, 7) is 1.77. The number of hydrogen-bond acceptors (Lipinski definition) is 3. The molecule has 2 rings (SSSR count). The van der Waals surface area contributed by atoms with Gasteiger partial charge in [-0.2, -0.15) is 13.2 Å². The van der Waals surface area contributed by atoms with Crippen LogP contribution in [-0.2, 0) is 15.7 Å². The van der Waals surface area contributed by atoms with E-state index in [2.05, 4.69) is 10.6 Å². The minimum Gasteiger partial charge on any atom is -0.377 e. The van der Waals surface area contributed by atoms with Crippen LogP contribution < -0.4 is 10.6 Å². The average Bonchev–Trinajstić information content (AvgIpc) is 2.98. The number of benzene rings is 1. The van der Waals surface area contributed by atoms with E-state index in [9.17, 15) is 18.0 Å². The Labute approximate surface area is 137 Å². The van der Waals surface area contributed by atoms with Gasteiger partial charge in [-0.1, -0.05) is 11.6 Å². The average molecular weight is 351 g/mol. The number of rotatable bonds is 6. The summed E-state index contributed by atoms with van der Waals surface area (Å²) in [5.74, 6) is -0.488. The smallest absolute Gasteiger partial charge is 0.377 e. The lowest BCUT2D eigenvalue weighted by Crippen LogP contribution is -2.29. The number of alkyl halides is 3. The Morgan fingerprint density at radius 1 is 1.39 bits per heavy atom. The second-order valence-electron chi connectivity index (χ2n) is 5.32. The molecule has 8 heteroatoms. The van der Waals surface area contributed by atoms with Crippen LogP contribution in [0.3, 0.4) is 0 Å². The molecule has 1 aromatic rings. The Morgan fingerprint density at radius 3 is 2.83 bits per heavy atom. The van der Waals surface area contributed by atoms with Crippen molar-refractivity contribution >= 4 is 23.2 Å². The molecular formula is C15H18ClF3N2O2. The predicted molar refractivity (Wildman–Crippen MR) is 81.5 cm³/mol. The van der Waals surface area contributed by atoms with Crippen molar-refractivity contribution in [3.63, 3.8) is 0 Å². The van der Waals surface area contributed by atoms with E-state index >= 15 is 0 Å². The van der Waals surface area contributed by atoms with Crippen molar-refractivity contribution in [3.05, 3.63) is 28.8 Å². The normalized spacial score (nSPS) is 18.2. The fourth-order valence-corrected chi connectivity index (χ4v) is 2.52. The van der Waals surface area contributed by atoms with Crippen LogP contribution in [0.15, 0.2) is 18.2 Å². The van der Waals surface area contributed by atoms with Gasteiger partial charge in [0.05, 0.1) is 17.4 Å². The Morgan fingerprint density at radius 2 is 2.17 bits per heavy atom. The molecule has 1 aliphatic rings. The summed E-state index contributed by atoms with van der Waals surface area (Å²) >= 11 is 5.59. The summed E-state index contributed by atoms with van der Waals surface area (Å²) in [4.78, 5) is 11.8. The number of hydrogen-bond donors (Lipinski definition) is 2. The number of anilines is 1. The minimum atomic E-state index is -4.58. The van der Waals surface area contributed by atoms with Crippen LogP contribution >= 0.6 is 11.6 Å². The first-order chi connectivity index (χ1) is 10.9. The third-order valence-corrected chi connectivity index (χ3v) is 3.72. The van der Waals surface area contributed by atoms with Crippen LogP contribution in [-0.4, -0.2) is 31.7 Å². The molecule has 1 aliphatic heterocycles. The van der Waals surface area contributed by atoms with Crippen LogP contribution in [0.2, 0.25) is 5.02 Å². The number of halogens is 4. The molecule has 1 amide bonds. The van der Waals surface area contributed by atoms with Gasteiger partial charge in [0.2, 0.25) is 5.91 Å². The standard InChI is InChI=1S/C15H18ClF3N2O2/c16-10-3-4-13(12(8-10)15(17,18)19)21-14(22)5-6-20-9-11-2-1-7-23-11/h3-4,8,11,20H,1-2,5-7,9H2,(H,21,22). The van der Waals surface area contributed by atoms with Gasteiger partial charge in [0, 0.05) is 31.1 Å². The first kappa shape index (κ1) is 18.0. The number of amides is 1. The van der Waals surface area contributed by atoms with Crippen LogP contribution in [0.1, 0.15) is 24.8 Å². The molecule has 0 radical (unpaired) electrons. The quantitative estimate of drug-likeness (QED) is 0.773.